The maximum atomic E-state index is 13.5. The first-order valence-electron chi connectivity index (χ1n) is 37.3. The Bertz CT molecular complexity index is 2170. The van der Waals surface area contributed by atoms with Crippen molar-refractivity contribution in [1.82, 2.24) is 10.6 Å². The Morgan fingerprint density at radius 3 is 1.24 bits per heavy atom. The van der Waals surface area contributed by atoms with Crippen molar-refractivity contribution in [3.05, 3.63) is 12.2 Å². The maximum absolute atomic E-state index is 13.5. The second-order valence-corrected chi connectivity index (χ2v) is 27.8. The lowest BCUT2D eigenvalue weighted by Crippen LogP contribution is -2.70. The summed E-state index contributed by atoms with van der Waals surface area (Å²) in [5, 5.41) is 172. The summed E-state index contributed by atoms with van der Waals surface area (Å²) in [7, 11) is 0. The third-order valence-corrected chi connectivity index (χ3v) is 19.7. The zero-order chi connectivity index (χ0) is 72.4. The summed E-state index contributed by atoms with van der Waals surface area (Å²) in [5.41, 5.74) is 0. The molecule has 0 aromatic carbocycles. The number of hydrogen-bond donors (Lipinski definition) is 17. The predicted octanol–water partition coefficient (Wildman–Crippen LogP) is 1.42. The average Bonchev–Trinajstić information content (AvgIpc) is 0.775. The first-order valence-corrected chi connectivity index (χ1v) is 37.3. The minimum Gasteiger partial charge on any atom is -0.394 e. The quantitative estimate of drug-likeness (QED) is 0.0302. The van der Waals surface area contributed by atoms with Gasteiger partial charge in [-0.05, 0) is 26.2 Å². The molecule has 99 heavy (non-hydrogen) atoms. The number of amides is 2. The molecule has 5 saturated heterocycles. The molecule has 580 valence electrons. The molecule has 0 spiro atoms. The Labute approximate surface area is 585 Å². The summed E-state index contributed by atoms with van der Waals surface area (Å²) in [6.07, 6.45) is -7.51. The molecule has 29 nitrogen and oxygen atoms in total. The fourth-order valence-corrected chi connectivity index (χ4v) is 13.5. The monoisotopic (exact) mass is 1430 g/mol. The Hall–Kier alpha value is -2.32. The maximum Gasteiger partial charge on any atom is 0.220 e. The van der Waals surface area contributed by atoms with Gasteiger partial charge < -0.3 is 135 Å². The molecule has 5 aliphatic heterocycles. The van der Waals surface area contributed by atoms with Crippen molar-refractivity contribution in [1.29, 1.82) is 0 Å². The summed E-state index contributed by atoms with van der Waals surface area (Å²) >= 11 is 0. The van der Waals surface area contributed by atoms with Gasteiger partial charge >= 0.3 is 0 Å². The highest BCUT2D eigenvalue weighted by atomic mass is 16.8. The van der Waals surface area contributed by atoms with Crippen LogP contribution in [0.25, 0.3) is 0 Å². The van der Waals surface area contributed by atoms with E-state index in [2.05, 4.69) is 24.5 Å². The summed E-state index contributed by atoms with van der Waals surface area (Å²) in [6.45, 7) is 2.65. The molecule has 0 aromatic rings. The first kappa shape index (κ1) is 87.3. The van der Waals surface area contributed by atoms with Gasteiger partial charge in [0.1, 0.15) is 116 Å². The van der Waals surface area contributed by atoms with Gasteiger partial charge in [0.15, 0.2) is 31.5 Å². The van der Waals surface area contributed by atoms with Crippen LogP contribution in [0.2, 0.25) is 0 Å². The molecule has 27 atom stereocenters. The van der Waals surface area contributed by atoms with E-state index in [0.717, 1.165) is 51.9 Å². The topological polar surface area (TPSA) is 454 Å². The summed E-state index contributed by atoms with van der Waals surface area (Å²) in [4.78, 5) is 26.2. The lowest BCUT2D eigenvalue weighted by Gasteiger charge is -2.50. The smallest absolute Gasteiger partial charge is 0.220 e. The number of nitrogens with one attached hydrogen (secondary N) is 2. The lowest BCUT2D eigenvalue weighted by molar-refractivity contribution is -0.389. The van der Waals surface area contributed by atoms with Crippen molar-refractivity contribution in [2.45, 2.75) is 386 Å². The summed E-state index contributed by atoms with van der Waals surface area (Å²) < 4.78 is 58.7. The Balaban J connectivity index is 1.20. The predicted molar refractivity (Wildman–Crippen MR) is 357 cm³/mol. The van der Waals surface area contributed by atoms with Gasteiger partial charge in [-0.1, -0.05) is 193 Å². The van der Waals surface area contributed by atoms with Gasteiger partial charge in [0.25, 0.3) is 0 Å². The molecule has 0 aromatic heterocycles. The third kappa shape index (κ3) is 28.2. The number of carbonyl (C=O) groups is 2. The Morgan fingerprint density at radius 1 is 0.414 bits per heavy atom. The molecule has 5 fully saturated rings. The van der Waals surface area contributed by atoms with Crippen LogP contribution in [0.5, 0.6) is 0 Å². The molecule has 2 amide bonds. The van der Waals surface area contributed by atoms with Crippen molar-refractivity contribution >= 4 is 11.8 Å². The van der Waals surface area contributed by atoms with E-state index >= 15 is 0 Å². The van der Waals surface area contributed by atoms with Gasteiger partial charge in [-0.2, -0.15) is 0 Å². The van der Waals surface area contributed by atoms with Crippen molar-refractivity contribution in [3.63, 3.8) is 0 Å². The van der Waals surface area contributed by atoms with Crippen LogP contribution in [0, 0.1) is 0 Å². The number of rotatable bonds is 49. The second kappa shape index (κ2) is 48.0. The normalized spacial score (nSPS) is 35.9. The van der Waals surface area contributed by atoms with E-state index in [1.54, 1.807) is 6.08 Å². The first-order chi connectivity index (χ1) is 47.7. The van der Waals surface area contributed by atoms with Crippen LogP contribution < -0.4 is 10.6 Å². The van der Waals surface area contributed by atoms with Crippen molar-refractivity contribution in [2.75, 3.05) is 33.0 Å². The highest BCUT2D eigenvalue weighted by Gasteiger charge is 2.57. The van der Waals surface area contributed by atoms with Gasteiger partial charge in [0.2, 0.25) is 11.8 Å². The van der Waals surface area contributed by atoms with Crippen molar-refractivity contribution < 1.29 is 134 Å². The van der Waals surface area contributed by atoms with Crippen molar-refractivity contribution in [2.24, 2.45) is 0 Å². The Kier molecular flexibility index (Phi) is 42.3. The van der Waals surface area contributed by atoms with Crippen LogP contribution in [-0.2, 0) is 57.0 Å². The molecule has 29 heteroatoms. The fraction of sp³-hybridized carbons (Fsp3) is 0.943. The number of unbranched alkanes of at least 4 members (excludes halogenated alkanes) is 27. The van der Waals surface area contributed by atoms with E-state index in [-0.39, 0.29) is 12.3 Å². The molecule has 0 aliphatic carbocycles. The zero-order valence-electron chi connectivity index (χ0n) is 59.1. The largest absolute Gasteiger partial charge is 0.394 e. The molecule has 10 unspecified atom stereocenters. The molecule has 0 bridgehead atoms. The molecule has 5 aliphatic rings. The standard InChI is InChI=1S/C70H128N2O27/c1-5-7-9-11-13-15-17-19-20-21-22-24-26-28-30-32-34-36-50(79)72-44(45(78)35-33-31-29-27-25-23-18-16-14-12-10-8-6-2)41-90-67-59(87)57(85)62(49(40-76)95-67)96-69-61(89)65(55(83)48(39-75)93-69)99-70-60(88)64(54(82)47(38-74)94-70)98-66-51(71-43(4)77)63(53(81)46(37-73)92-66)97-68-58(86)56(84)52(80)42(3)91-68/h33,35,42,44-49,51-70,73-76,78,80-89H,5-32,34,36-41H2,1-4H3,(H,71,77)(H,72,79)/b35-33+/t42?,44-,45+,46?,47?,48?,49?,51?,52+,53+,54-,55-,56?,57+,58-,59?,60?,61?,62+,63+,64-,65-,66-,67+,68+,69-,70+/m0/s1. The van der Waals surface area contributed by atoms with Crippen LogP contribution in [0.1, 0.15) is 220 Å². The zero-order valence-corrected chi connectivity index (χ0v) is 59.1. The molecule has 17 N–H and O–H groups in total. The van der Waals surface area contributed by atoms with Crippen molar-refractivity contribution in [3.8, 4) is 0 Å². The molecule has 5 rings (SSSR count). The SMILES string of the molecule is CCCCCCCCCCCCC/C=C/[C@@H](O)[C@H](CO[C@@H]1OC(CO)[C@@H](O[C@@H]2OC(CO)[C@H](O)[C@H](O[C@H]3OC(CO)[C@H](O)[C@H](O[C@@H]4OC(CO)[C@@H](O)[C@H](O[C@H]5OC(C)[C@@H](O)C(O)[C@@H]5O)C4NC(C)=O)C3O)C2O)[C@H](O)C1O)NC(=O)CCCCCCCCCCCCCCCCCCC. The van der Waals surface area contributed by atoms with E-state index in [0.29, 0.717) is 12.8 Å². The number of hydrogen-bond acceptors (Lipinski definition) is 27. The average molecular weight is 1430 g/mol. The van der Waals surface area contributed by atoms with Crippen LogP contribution in [0.4, 0.5) is 0 Å². The minimum atomic E-state index is -2.20. The number of carbonyl (C=O) groups excluding carboxylic acids is 2. The highest BCUT2D eigenvalue weighted by molar-refractivity contribution is 5.76. The van der Waals surface area contributed by atoms with Crippen LogP contribution >= 0.6 is 0 Å². The number of allylic oxidation sites excluding steroid dienone is 1. The van der Waals surface area contributed by atoms with Gasteiger partial charge in [0, 0.05) is 13.3 Å². The lowest BCUT2D eigenvalue weighted by atomic mass is 9.94. The number of aliphatic hydroxyl groups is 15. The van der Waals surface area contributed by atoms with Gasteiger partial charge in [-0.25, -0.2) is 0 Å². The van der Waals surface area contributed by atoms with E-state index in [9.17, 15) is 86.2 Å². The van der Waals surface area contributed by atoms with Gasteiger partial charge in [-0.3, -0.25) is 9.59 Å². The van der Waals surface area contributed by atoms with E-state index in [1.807, 2.05) is 6.08 Å². The van der Waals surface area contributed by atoms with Gasteiger partial charge in [-0.15, -0.1) is 0 Å². The van der Waals surface area contributed by atoms with E-state index < -0.39 is 205 Å². The minimum absolute atomic E-state index is 0.196. The van der Waals surface area contributed by atoms with Gasteiger partial charge in [0.05, 0.1) is 51.3 Å². The van der Waals surface area contributed by atoms with Crippen LogP contribution in [-0.4, -0.2) is 287 Å². The number of ether oxygens (including phenoxy) is 10. The Morgan fingerprint density at radius 2 is 0.788 bits per heavy atom. The molecule has 0 saturated carbocycles. The summed E-state index contributed by atoms with van der Waals surface area (Å²) in [5.74, 6) is -1.11. The fourth-order valence-electron chi connectivity index (χ4n) is 13.5. The highest BCUT2D eigenvalue weighted by Crippen LogP contribution is 2.37. The third-order valence-electron chi connectivity index (χ3n) is 19.7. The molecular weight excluding hydrogens is 1300 g/mol. The molecule has 5 heterocycles. The second-order valence-electron chi connectivity index (χ2n) is 27.8. The summed E-state index contributed by atoms with van der Waals surface area (Å²) in [6, 6.07) is -2.70. The van der Waals surface area contributed by atoms with Crippen LogP contribution in [0.3, 0.4) is 0 Å². The van der Waals surface area contributed by atoms with E-state index in [4.69, 9.17) is 47.4 Å². The molecule has 0 radical (unpaired) electrons. The number of aliphatic hydroxyl groups excluding tert-OH is 15. The van der Waals surface area contributed by atoms with E-state index in [1.165, 1.54) is 135 Å². The van der Waals surface area contributed by atoms with Crippen LogP contribution in [0.15, 0.2) is 12.2 Å². The molecular formula is C70H128N2O27.